The summed E-state index contributed by atoms with van der Waals surface area (Å²) in [6, 6.07) is 6.50. The van der Waals surface area contributed by atoms with Crippen molar-refractivity contribution in [2.24, 2.45) is 7.05 Å². The predicted molar refractivity (Wildman–Crippen MR) is 65.0 cm³/mol. The Morgan fingerprint density at radius 1 is 1.33 bits per heavy atom. The van der Waals surface area contributed by atoms with Crippen LogP contribution in [0.1, 0.15) is 18.1 Å². The first-order chi connectivity index (χ1) is 7.24. The van der Waals surface area contributed by atoms with Crippen LogP contribution in [0.5, 0.6) is 0 Å². The molecule has 2 heteroatoms. The summed E-state index contributed by atoms with van der Waals surface area (Å²) in [6.45, 7) is 6.27. The van der Waals surface area contributed by atoms with E-state index < -0.39 is 0 Å². The molecule has 0 bridgehead atoms. The zero-order chi connectivity index (χ0) is 10.8. The molecule has 0 saturated carbocycles. The molecule has 0 spiro atoms. The third-order valence-electron chi connectivity index (χ3n) is 2.85. The van der Waals surface area contributed by atoms with Crippen molar-refractivity contribution in [3.8, 4) is 0 Å². The highest BCUT2D eigenvalue weighted by Crippen LogP contribution is 2.23. The maximum atomic E-state index is 3.38. The Bertz CT molecular complexity index is 469. The molecule has 0 aliphatic rings. The molecule has 0 atom stereocenters. The molecule has 0 amide bonds. The van der Waals surface area contributed by atoms with Crippen LogP contribution < -0.4 is 5.32 Å². The Kier molecular flexibility index (Phi) is 2.78. The summed E-state index contributed by atoms with van der Waals surface area (Å²) in [5.41, 5.74) is 4.08. The average Bonchev–Trinajstić information content (AvgIpc) is 2.54. The summed E-state index contributed by atoms with van der Waals surface area (Å²) in [5, 5.41) is 4.75. The van der Waals surface area contributed by atoms with Crippen molar-refractivity contribution in [3.05, 3.63) is 35.5 Å². The zero-order valence-corrected chi connectivity index (χ0v) is 9.67. The number of benzene rings is 1. The Morgan fingerprint density at radius 3 is 2.87 bits per heavy atom. The Balaban J connectivity index is 2.53. The van der Waals surface area contributed by atoms with Crippen molar-refractivity contribution in [1.29, 1.82) is 0 Å². The molecule has 2 nitrogen and oxygen atoms in total. The van der Waals surface area contributed by atoms with Gasteiger partial charge in [0.2, 0.25) is 0 Å². The minimum absolute atomic E-state index is 0.956. The van der Waals surface area contributed by atoms with Gasteiger partial charge in [-0.2, -0.15) is 0 Å². The second kappa shape index (κ2) is 4.07. The van der Waals surface area contributed by atoms with E-state index in [9.17, 15) is 0 Å². The van der Waals surface area contributed by atoms with E-state index in [-0.39, 0.29) is 0 Å². The van der Waals surface area contributed by atoms with Gasteiger partial charge in [-0.05, 0) is 24.6 Å². The minimum atomic E-state index is 0.956. The Labute approximate surface area is 90.9 Å². The molecular weight excluding hydrogens is 184 g/mol. The molecule has 1 aromatic heterocycles. The number of rotatable bonds is 3. The number of fused-ring (bicyclic) bond motifs is 1. The van der Waals surface area contributed by atoms with Crippen LogP contribution >= 0.6 is 0 Å². The van der Waals surface area contributed by atoms with Crippen LogP contribution in [-0.4, -0.2) is 11.1 Å². The standard InChI is InChI=1S/C13H18N2/c1-4-14-8-11-9-15(3)13-10(2)6-5-7-12(11)13/h5-7,9,14H,4,8H2,1-3H3. The van der Waals surface area contributed by atoms with Crippen LogP contribution in [0.3, 0.4) is 0 Å². The SMILES string of the molecule is CCNCc1cn(C)c2c(C)cccc12. The van der Waals surface area contributed by atoms with Gasteiger partial charge in [0.1, 0.15) is 0 Å². The van der Waals surface area contributed by atoms with Crippen molar-refractivity contribution in [2.45, 2.75) is 20.4 Å². The van der Waals surface area contributed by atoms with Gasteiger partial charge in [-0.15, -0.1) is 0 Å². The molecule has 2 aromatic rings. The predicted octanol–water partition coefficient (Wildman–Crippen LogP) is 2.60. The molecule has 0 aliphatic heterocycles. The van der Waals surface area contributed by atoms with Crippen LogP contribution in [0.4, 0.5) is 0 Å². The number of para-hydroxylation sites is 1. The first-order valence-corrected chi connectivity index (χ1v) is 5.48. The van der Waals surface area contributed by atoms with Gasteiger partial charge in [0.25, 0.3) is 0 Å². The molecule has 1 N–H and O–H groups in total. The number of aromatic nitrogens is 1. The van der Waals surface area contributed by atoms with E-state index in [2.05, 4.69) is 55.2 Å². The van der Waals surface area contributed by atoms with Crippen LogP contribution in [0.15, 0.2) is 24.4 Å². The quantitative estimate of drug-likeness (QED) is 0.809. The van der Waals surface area contributed by atoms with Gasteiger partial charge in [-0.25, -0.2) is 0 Å². The van der Waals surface area contributed by atoms with Gasteiger partial charge >= 0.3 is 0 Å². The summed E-state index contributed by atoms with van der Waals surface area (Å²) in [6.07, 6.45) is 2.22. The van der Waals surface area contributed by atoms with E-state index in [0.29, 0.717) is 0 Å². The van der Waals surface area contributed by atoms with Crippen molar-refractivity contribution < 1.29 is 0 Å². The van der Waals surface area contributed by atoms with Crippen LogP contribution in [-0.2, 0) is 13.6 Å². The van der Waals surface area contributed by atoms with Gasteiger partial charge < -0.3 is 9.88 Å². The number of hydrogen-bond donors (Lipinski definition) is 1. The molecule has 1 aromatic carbocycles. The van der Waals surface area contributed by atoms with Crippen LogP contribution in [0.25, 0.3) is 10.9 Å². The van der Waals surface area contributed by atoms with E-state index in [4.69, 9.17) is 0 Å². The summed E-state index contributed by atoms with van der Waals surface area (Å²) >= 11 is 0. The first kappa shape index (κ1) is 10.2. The van der Waals surface area contributed by atoms with Crippen LogP contribution in [0, 0.1) is 6.92 Å². The molecule has 0 saturated heterocycles. The first-order valence-electron chi connectivity index (χ1n) is 5.48. The van der Waals surface area contributed by atoms with Gasteiger partial charge in [0.15, 0.2) is 0 Å². The highest BCUT2D eigenvalue weighted by atomic mass is 14.9. The molecule has 1 heterocycles. The van der Waals surface area contributed by atoms with Crippen molar-refractivity contribution in [1.82, 2.24) is 9.88 Å². The lowest BCUT2D eigenvalue weighted by atomic mass is 10.1. The molecule has 0 unspecified atom stereocenters. The maximum Gasteiger partial charge on any atom is 0.0510 e. The fraction of sp³-hybridized carbons (Fsp3) is 0.385. The van der Waals surface area contributed by atoms with Gasteiger partial charge in [-0.1, -0.05) is 25.1 Å². The largest absolute Gasteiger partial charge is 0.350 e. The summed E-state index contributed by atoms with van der Waals surface area (Å²) in [4.78, 5) is 0. The fourth-order valence-corrected chi connectivity index (χ4v) is 2.15. The van der Waals surface area contributed by atoms with E-state index in [1.807, 2.05) is 0 Å². The topological polar surface area (TPSA) is 17.0 Å². The summed E-state index contributed by atoms with van der Waals surface area (Å²) in [7, 11) is 2.12. The summed E-state index contributed by atoms with van der Waals surface area (Å²) < 4.78 is 2.22. The molecule has 15 heavy (non-hydrogen) atoms. The van der Waals surface area contributed by atoms with E-state index >= 15 is 0 Å². The van der Waals surface area contributed by atoms with Crippen LogP contribution in [0.2, 0.25) is 0 Å². The van der Waals surface area contributed by atoms with Gasteiger partial charge in [0, 0.05) is 25.2 Å². The van der Waals surface area contributed by atoms with Gasteiger partial charge in [0.05, 0.1) is 5.52 Å². The number of hydrogen-bond acceptors (Lipinski definition) is 1. The second-order valence-electron chi connectivity index (χ2n) is 4.02. The lowest BCUT2D eigenvalue weighted by Gasteiger charge is -2.01. The molecule has 80 valence electrons. The average molecular weight is 202 g/mol. The highest BCUT2D eigenvalue weighted by molar-refractivity contribution is 5.86. The lowest BCUT2D eigenvalue weighted by molar-refractivity contribution is 0.727. The Morgan fingerprint density at radius 2 is 2.13 bits per heavy atom. The molecular formula is C13H18N2. The fourth-order valence-electron chi connectivity index (χ4n) is 2.15. The molecule has 0 radical (unpaired) electrons. The third-order valence-corrected chi connectivity index (χ3v) is 2.85. The number of aryl methyl sites for hydroxylation is 2. The van der Waals surface area contributed by atoms with E-state index in [1.54, 1.807) is 0 Å². The smallest absolute Gasteiger partial charge is 0.0510 e. The van der Waals surface area contributed by atoms with Crippen molar-refractivity contribution in [3.63, 3.8) is 0 Å². The molecule has 0 fully saturated rings. The highest BCUT2D eigenvalue weighted by Gasteiger charge is 2.06. The molecule has 2 rings (SSSR count). The van der Waals surface area contributed by atoms with Gasteiger partial charge in [-0.3, -0.25) is 0 Å². The number of nitrogens with one attached hydrogen (secondary N) is 1. The van der Waals surface area contributed by atoms with Crippen molar-refractivity contribution >= 4 is 10.9 Å². The maximum absolute atomic E-state index is 3.38. The third kappa shape index (κ3) is 1.77. The van der Waals surface area contributed by atoms with E-state index in [0.717, 1.165) is 13.1 Å². The Hall–Kier alpha value is -1.28. The number of nitrogens with zero attached hydrogens (tertiary/aromatic N) is 1. The second-order valence-corrected chi connectivity index (χ2v) is 4.02. The molecule has 0 aliphatic carbocycles. The zero-order valence-electron chi connectivity index (χ0n) is 9.67. The summed E-state index contributed by atoms with van der Waals surface area (Å²) in [5.74, 6) is 0. The normalized spacial score (nSPS) is 11.1. The van der Waals surface area contributed by atoms with Crippen molar-refractivity contribution in [2.75, 3.05) is 6.54 Å². The lowest BCUT2D eigenvalue weighted by Crippen LogP contribution is -2.11. The minimum Gasteiger partial charge on any atom is -0.350 e. The van der Waals surface area contributed by atoms with E-state index in [1.165, 1.54) is 22.0 Å². The monoisotopic (exact) mass is 202 g/mol.